The van der Waals surface area contributed by atoms with Crippen LogP contribution < -0.4 is 15.4 Å². The highest BCUT2D eigenvalue weighted by Gasteiger charge is 2.30. The summed E-state index contributed by atoms with van der Waals surface area (Å²) >= 11 is 1.26. The monoisotopic (exact) mass is 454 g/mol. The summed E-state index contributed by atoms with van der Waals surface area (Å²) in [5.74, 6) is -0.602. The lowest BCUT2D eigenvalue weighted by Gasteiger charge is -2.15. The Morgan fingerprint density at radius 1 is 1.13 bits per heavy atom. The van der Waals surface area contributed by atoms with Crippen LogP contribution in [0.4, 0.5) is 13.2 Å². The van der Waals surface area contributed by atoms with Gasteiger partial charge in [0.25, 0.3) is 5.91 Å². The highest BCUT2D eigenvalue weighted by Crippen LogP contribution is 2.29. The Labute approximate surface area is 181 Å². The highest BCUT2D eigenvalue weighted by molar-refractivity contribution is 7.99. The number of benzene rings is 2. The molecular formula is C21H21F3N2O4S. The van der Waals surface area contributed by atoms with Gasteiger partial charge in [-0.1, -0.05) is 18.2 Å². The number of carbonyl (C=O) groups is 3. The number of thioether (sulfide) groups is 1. The van der Waals surface area contributed by atoms with Gasteiger partial charge in [-0.3, -0.25) is 19.7 Å². The van der Waals surface area contributed by atoms with Crippen molar-refractivity contribution >= 4 is 30.0 Å². The zero-order valence-corrected chi connectivity index (χ0v) is 17.6. The first-order chi connectivity index (χ1) is 14.7. The molecule has 0 fully saturated rings. The third kappa shape index (κ3) is 6.74. The Hall–Kier alpha value is -3.01. The number of nitrogens with one attached hydrogen (secondary N) is 2. The molecule has 3 amide bonds. The largest absolute Gasteiger partial charge is 0.496 e. The molecule has 0 aromatic heterocycles. The quantitative estimate of drug-likeness (QED) is 0.569. The maximum absolute atomic E-state index is 12.7. The zero-order chi connectivity index (χ0) is 23.0. The van der Waals surface area contributed by atoms with Gasteiger partial charge in [0.2, 0.25) is 12.3 Å². The summed E-state index contributed by atoms with van der Waals surface area (Å²) < 4.78 is 43.2. The molecule has 166 valence electrons. The van der Waals surface area contributed by atoms with Crippen molar-refractivity contribution in [2.24, 2.45) is 0 Å². The van der Waals surface area contributed by atoms with Crippen LogP contribution >= 0.6 is 11.8 Å². The number of rotatable bonds is 9. The molecule has 31 heavy (non-hydrogen) atoms. The normalized spacial score (nSPS) is 12.0. The highest BCUT2D eigenvalue weighted by atomic mass is 32.2. The van der Waals surface area contributed by atoms with E-state index >= 15 is 0 Å². The van der Waals surface area contributed by atoms with Crippen molar-refractivity contribution in [2.75, 3.05) is 13.4 Å². The van der Waals surface area contributed by atoms with Crippen LogP contribution in [0, 0.1) is 0 Å². The number of hydrogen-bond donors (Lipinski definition) is 2. The van der Waals surface area contributed by atoms with Crippen molar-refractivity contribution in [3.63, 3.8) is 0 Å². The summed E-state index contributed by atoms with van der Waals surface area (Å²) in [6.45, 7) is 0.0273. The summed E-state index contributed by atoms with van der Waals surface area (Å²) in [7, 11) is 1.41. The molecule has 2 rings (SSSR count). The number of alkyl halides is 3. The maximum atomic E-state index is 12.7. The predicted molar refractivity (Wildman–Crippen MR) is 111 cm³/mol. The predicted octanol–water partition coefficient (Wildman–Crippen LogP) is 3.19. The van der Waals surface area contributed by atoms with Crippen molar-refractivity contribution in [3.05, 3.63) is 64.7 Å². The molecule has 1 atom stereocenters. The molecule has 0 aliphatic rings. The van der Waals surface area contributed by atoms with E-state index in [1.807, 2.05) is 0 Å². The van der Waals surface area contributed by atoms with Crippen LogP contribution in [0.3, 0.4) is 0 Å². The average Bonchev–Trinajstić information content (AvgIpc) is 2.75. The van der Waals surface area contributed by atoms with E-state index in [1.54, 1.807) is 24.5 Å². The zero-order valence-electron chi connectivity index (χ0n) is 16.8. The molecule has 0 bridgehead atoms. The van der Waals surface area contributed by atoms with Gasteiger partial charge in [0.15, 0.2) is 0 Å². The summed E-state index contributed by atoms with van der Waals surface area (Å²) in [5, 5.41) is 4.24. The number of ether oxygens (including phenoxy) is 1. The van der Waals surface area contributed by atoms with Crippen LogP contribution in [-0.4, -0.2) is 36.8 Å². The number of methoxy groups -OCH3 is 1. The molecule has 0 aliphatic carbocycles. The first-order valence-corrected chi connectivity index (χ1v) is 10.4. The minimum Gasteiger partial charge on any atom is -0.496 e. The van der Waals surface area contributed by atoms with Crippen molar-refractivity contribution in [3.8, 4) is 5.75 Å². The van der Waals surface area contributed by atoms with Gasteiger partial charge in [-0.25, -0.2) is 0 Å². The van der Waals surface area contributed by atoms with Gasteiger partial charge in [0, 0.05) is 6.54 Å². The van der Waals surface area contributed by atoms with E-state index in [0.717, 1.165) is 12.1 Å². The van der Waals surface area contributed by atoms with Gasteiger partial charge >= 0.3 is 6.18 Å². The van der Waals surface area contributed by atoms with Gasteiger partial charge in [-0.2, -0.15) is 24.9 Å². The molecule has 0 aliphatic heterocycles. The minimum absolute atomic E-state index is 0.0273. The standard InChI is InChI=1S/C21H21F3N2O4S/c1-30-17-8-5-14(10-18(31-2)20(29)26-12-27)9-16(17)19(28)25-11-13-3-6-15(7-4-13)21(22,23)24/h3-9,12,18H,10-11H2,1-2H3,(H,25,28)(H,26,27,29). The molecule has 0 heterocycles. The smallest absolute Gasteiger partial charge is 0.416 e. The van der Waals surface area contributed by atoms with E-state index < -0.39 is 28.8 Å². The van der Waals surface area contributed by atoms with Gasteiger partial charge in [-0.15, -0.1) is 0 Å². The van der Waals surface area contributed by atoms with Gasteiger partial charge < -0.3 is 10.1 Å². The fourth-order valence-electron chi connectivity index (χ4n) is 2.80. The molecule has 10 heteroatoms. The Morgan fingerprint density at radius 2 is 1.77 bits per heavy atom. The Bertz CT molecular complexity index is 933. The molecule has 1 unspecified atom stereocenters. The second kappa shape index (κ2) is 10.9. The van der Waals surface area contributed by atoms with Gasteiger partial charge in [0.05, 0.1) is 23.5 Å². The van der Waals surface area contributed by atoms with E-state index in [0.29, 0.717) is 23.3 Å². The second-order valence-corrected chi connectivity index (χ2v) is 7.51. The third-order valence-corrected chi connectivity index (χ3v) is 5.39. The maximum Gasteiger partial charge on any atom is 0.416 e. The Morgan fingerprint density at radius 3 is 2.32 bits per heavy atom. The van der Waals surface area contributed by atoms with Crippen molar-refractivity contribution in [2.45, 2.75) is 24.4 Å². The molecule has 2 N–H and O–H groups in total. The molecule has 0 spiro atoms. The lowest BCUT2D eigenvalue weighted by atomic mass is 10.0. The van der Waals surface area contributed by atoms with Gasteiger partial charge in [-0.05, 0) is 48.1 Å². The Balaban J connectivity index is 2.12. The van der Waals surface area contributed by atoms with E-state index in [1.165, 1.54) is 31.0 Å². The molecule has 0 saturated heterocycles. The SMILES string of the molecule is COc1ccc(CC(SC)C(=O)NC=O)cc1C(=O)NCc1ccc(C(F)(F)F)cc1. The van der Waals surface area contributed by atoms with E-state index in [4.69, 9.17) is 4.74 Å². The lowest BCUT2D eigenvalue weighted by Crippen LogP contribution is -2.33. The molecule has 2 aromatic carbocycles. The first-order valence-electron chi connectivity index (χ1n) is 9.07. The minimum atomic E-state index is -4.42. The molecule has 2 aromatic rings. The van der Waals surface area contributed by atoms with Gasteiger partial charge in [0.1, 0.15) is 5.75 Å². The average molecular weight is 454 g/mol. The fourth-order valence-corrected chi connectivity index (χ4v) is 3.44. The van der Waals surface area contributed by atoms with E-state index in [2.05, 4.69) is 10.6 Å². The summed E-state index contributed by atoms with van der Waals surface area (Å²) in [6, 6.07) is 9.39. The van der Waals surface area contributed by atoms with Crippen LogP contribution in [0.15, 0.2) is 42.5 Å². The number of imide groups is 1. The van der Waals surface area contributed by atoms with Crippen molar-refractivity contribution in [1.82, 2.24) is 10.6 Å². The van der Waals surface area contributed by atoms with Crippen molar-refractivity contribution in [1.29, 1.82) is 0 Å². The number of hydrogen-bond acceptors (Lipinski definition) is 5. The van der Waals surface area contributed by atoms with Crippen molar-refractivity contribution < 1.29 is 32.3 Å². The fraction of sp³-hybridized carbons (Fsp3) is 0.286. The van der Waals surface area contributed by atoms with E-state index in [-0.39, 0.29) is 18.5 Å². The number of carbonyl (C=O) groups excluding carboxylic acids is 3. The molecule has 0 saturated carbocycles. The van der Waals surface area contributed by atoms with Crippen LogP contribution in [0.5, 0.6) is 5.75 Å². The third-order valence-electron chi connectivity index (χ3n) is 4.44. The van der Waals surface area contributed by atoms with Crippen LogP contribution in [0.2, 0.25) is 0 Å². The van der Waals surface area contributed by atoms with Crippen LogP contribution in [-0.2, 0) is 28.7 Å². The number of amides is 3. The number of halogens is 3. The topological polar surface area (TPSA) is 84.5 Å². The Kier molecular flexibility index (Phi) is 8.49. The molecular weight excluding hydrogens is 433 g/mol. The first kappa shape index (κ1) is 24.3. The second-order valence-electron chi connectivity index (χ2n) is 6.47. The molecule has 6 nitrogen and oxygen atoms in total. The summed E-state index contributed by atoms with van der Waals surface area (Å²) in [5.41, 5.74) is 0.645. The lowest BCUT2D eigenvalue weighted by molar-refractivity contribution is -0.137. The van der Waals surface area contributed by atoms with Crippen LogP contribution in [0.1, 0.15) is 27.0 Å². The summed E-state index contributed by atoms with van der Waals surface area (Å²) in [4.78, 5) is 35.1. The molecule has 0 radical (unpaired) electrons. The summed E-state index contributed by atoms with van der Waals surface area (Å²) in [6.07, 6.45) is -2.09. The van der Waals surface area contributed by atoms with Crippen LogP contribution in [0.25, 0.3) is 0 Å². The van der Waals surface area contributed by atoms with E-state index in [9.17, 15) is 27.6 Å².